The molecule has 1 aliphatic heterocycles. The zero-order valence-electron chi connectivity index (χ0n) is 9.95. The molecule has 92 valence electrons. The van der Waals surface area contributed by atoms with Gasteiger partial charge in [-0.05, 0) is 41.0 Å². The third-order valence-electron chi connectivity index (χ3n) is 3.26. The minimum atomic E-state index is -0.220. The second-order valence-electron chi connectivity index (χ2n) is 4.43. The van der Waals surface area contributed by atoms with Crippen molar-refractivity contribution < 1.29 is 9.13 Å². The minimum Gasteiger partial charge on any atom is -0.493 e. The molecule has 0 bridgehead atoms. The molecule has 0 saturated heterocycles. The standard InChI is InChI=1S/C15H14FNO/c16-14-3-1-10(2-4-14)12-7-11-5-6-18-15(11)13(8-12)9-17/h1-4,7-8H,5-6,9,17H2. The van der Waals surface area contributed by atoms with E-state index in [0.717, 1.165) is 35.5 Å². The van der Waals surface area contributed by atoms with E-state index in [-0.39, 0.29) is 5.82 Å². The molecule has 18 heavy (non-hydrogen) atoms. The summed E-state index contributed by atoms with van der Waals surface area (Å²) in [7, 11) is 0. The Balaban J connectivity index is 2.10. The molecule has 2 nitrogen and oxygen atoms in total. The fourth-order valence-electron chi connectivity index (χ4n) is 2.35. The summed E-state index contributed by atoms with van der Waals surface area (Å²) in [6, 6.07) is 10.6. The van der Waals surface area contributed by atoms with Gasteiger partial charge in [-0.25, -0.2) is 4.39 Å². The first-order valence-electron chi connectivity index (χ1n) is 6.02. The van der Waals surface area contributed by atoms with Crippen molar-refractivity contribution in [3.8, 4) is 16.9 Å². The van der Waals surface area contributed by atoms with E-state index in [1.807, 2.05) is 6.07 Å². The molecule has 1 heterocycles. The quantitative estimate of drug-likeness (QED) is 0.880. The highest BCUT2D eigenvalue weighted by atomic mass is 19.1. The maximum Gasteiger partial charge on any atom is 0.127 e. The third-order valence-corrected chi connectivity index (χ3v) is 3.26. The molecule has 3 rings (SSSR count). The van der Waals surface area contributed by atoms with Crippen molar-refractivity contribution in [1.82, 2.24) is 0 Å². The Hall–Kier alpha value is -1.87. The topological polar surface area (TPSA) is 35.2 Å². The summed E-state index contributed by atoms with van der Waals surface area (Å²) in [5.41, 5.74) is 10.0. The number of rotatable bonds is 2. The van der Waals surface area contributed by atoms with E-state index in [2.05, 4.69) is 6.07 Å². The van der Waals surface area contributed by atoms with Gasteiger partial charge >= 0.3 is 0 Å². The maximum absolute atomic E-state index is 12.9. The van der Waals surface area contributed by atoms with Crippen LogP contribution in [0.15, 0.2) is 36.4 Å². The normalized spacial score (nSPS) is 13.2. The van der Waals surface area contributed by atoms with Crippen LogP contribution in [-0.2, 0) is 13.0 Å². The Morgan fingerprint density at radius 1 is 1.11 bits per heavy atom. The van der Waals surface area contributed by atoms with Gasteiger partial charge in [0.25, 0.3) is 0 Å². The van der Waals surface area contributed by atoms with Gasteiger partial charge in [0.2, 0.25) is 0 Å². The number of ether oxygens (including phenoxy) is 1. The Kier molecular flexibility index (Phi) is 2.76. The lowest BCUT2D eigenvalue weighted by Gasteiger charge is -2.10. The van der Waals surface area contributed by atoms with Crippen molar-refractivity contribution >= 4 is 0 Å². The van der Waals surface area contributed by atoms with Crippen LogP contribution < -0.4 is 10.5 Å². The fraction of sp³-hybridized carbons (Fsp3) is 0.200. The second kappa shape index (κ2) is 4.42. The molecule has 2 aromatic rings. The predicted octanol–water partition coefficient (Wildman–Crippen LogP) is 2.89. The first-order valence-corrected chi connectivity index (χ1v) is 6.02. The molecule has 0 saturated carbocycles. The zero-order chi connectivity index (χ0) is 12.5. The van der Waals surface area contributed by atoms with E-state index < -0.39 is 0 Å². The molecule has 0 fully saturated rings. The number of halogens is 1. The van der Waals surface area contributed by atoms with Gasteiger partial charge in [0, 0.05) is 18.5 Å². The highest BCUT2D eigenvalue weighted by Crippen LogP contribution is 2.34. The van der Waals surface area contributed by atoms with Gasteiger partial charge in [-0.3, -0.25) is 0 Å². The summed E-state index contributed by atoms with van der Waals surface area (Å²) < 4.78 is 18.5. The zero-order valence-corrected chi connectivity index (χ0v) is 9.95. The van der Waals surface area contributed by atoms with Crippen LogP contribution in [0.4, 0.5) is 4.39 Å². The first-order chi connectivity index (χ1) is 8.78. The predicted molar refractivity (Wildman–Crippen MR) is 68.9 cm³/mol. The lowest BCUT2D eigenvalue weighted by molar-refractivity contribution is 0.353. The first kappa shape index (κ1) is 11.2. The molecule has 2 aromatic carbocycles. The van der Waals surface area contributed by atoms with Crippen LogP contribution in [0.1, 0.15) is 11.1 Å². The Labute approximate surface area is 105 Å². The van der Waals surface area contributed by atoms with E-state index in [0.29, 0.717) is 6.54 Å². The van der Waals surface area contributed by atoms with Crippen molar-refractivity contribution in [3.05, 3.63) is 53.3 Å². The molecule has 3 heteroatoms. The van der Waals surface area contributed by atoms with Crippen LogP contribution in [0.2, 0.25) is 0 Å². The van der Waals surface area contributed by atoms with Gasteiger partial charge in [0.15, 0.2) is 0 Å². The van der Waals surface area contributed by atoms with E-state index in [4.69, 9.17) is 10.5 Å². The highest BCUT2D eigenvalue weighted by Gasteiger charge is 2.17. The number of benzene rings is 2. The summed E-state index contributed by atoms with van der Waals surface area (Å²) in [6.07, 6.45) is 0.914. The monoisotopic (exact) mass is 243 g/mol. The van der Waals surface area contributed by atoms with Crippen LogP contribution in [0.5, 0.6) is 5.75 Å². The Bertz CT molecular complexity index is 578. The largest absolute Gasteiger partial charge is 0.493 e. The number of fused-ring (bicyclic) bond motifs is 1. The molecule has 0 spiro atoms. The van der Waals surface area contributed by atoms with Crippen LogP contribution in [0.25, 0.3) is 11.1 Å². The summed E-state index contributed by atoms with van der Waals surface area (Å²) in [4.78, 5) is 0. The molecule has 0 radical (unpaired) electrons. The van der Waals surface area contributed by atoms with Crippen LogP contribution >= 0.6 is 0 Å². The number of hydrogen-bond acceptors (Lipinski definition) is 2. The van der Waals surface area contributed by atoms with E-state index in [9.17, 15) is 4.39 Å². The van der Waals surface area contributed by atoms with Gasteiger partial charge < -0.3 is 10.5 Å². The molecule has 0 unspecified atom stereocenters. The van der Waals surface area contributed by atoms with Gasteiger partial charge in [-0.2, -0.15) is 0 Å². The van der Waals surface area contributed by atoms with Crippen LogP contribution in [0, 0.1) is 5.82 Å². The van der Waals surface area contributed by atoms with Crippen LogP contribution in [-0.4, -0.2) is 6.61 Å². The van der Waals surface area contributed by atoms with Crippen molar-refractivity contribution in [2.45, 2.75) is 13.0 Å². The smallest absolute Gasteiger partial charge is 0.127 e. The SMILES string of the molecule is NCc1cc(-c2ccc(F)cc2)cc2c1OCC2. The second-order valence-corrected chi connectivity index (χ2v) is 4.43. The van der Waals surface area contributed by atoms with Gasteiger partial charge in [0.05, 0.1) is 6.61 Å². The van der Waals surface area contributed by atoms with E-state index in [1.165, 1.54) is 17.7 Å². The number of nitrogens with two attached hydrogens (primary N) is 1. The summed E-state index contributed by atoms with van der Waals surface area (Å²) in [6.45, 7) is 1.17. The fourth-order valence-corrected chi connectivity index (χ4v) is 2.35. The molecule has 1 aliphatic rings. The van der Waals surface area contributed by atoms with E-state index in [1.54, 1.807) is 12.1 Å². The molecule has 0 amide bonds. The lowest BCUT2D eigenvalue weighted by atomic mass is 9.98. The molecular formula is C15H14FNO. The molecule has 0 aromatic heterocycles. The Morgan fingerprint density at radius 3 is 2.61 bits per heavy atom. The highest BCUT2D eigenvalue weighted by molar-refractivity contribution is 5.68. The lowest BCUT2D eigenvalue weighted by Crippen LogP contribution is -2.00. The summed E-state index contributed by atoms with van der Waals surface area (Å²) in [5, 5.41) is 0. The maximum atomic E-state index is 12.9. The summed E-state index contributed by atoms with van der Waals surface area (Å²) >= 11 is 0. The van der Waals surface area contributed by atoms with E-state index >= 15 is 0 Å². The molecule has 0 aliphatic carbocycles. The third kappa shape index (κ3) is 1.87. The summed E-state index contributed by atoms with van der Waals surface area (Å²) in [5.74, 6) is 0.714. The Morgan fingerprint density at radius 2 is 1.89 bits per heavy atom. The van der Waals surface area contributed by atoms with Crippen LogP contribution in [0.3, 0.4) is 0 Å². The van der Waals surface area contributed by atoms with Crippen molar-refractivity contribution in [1.29, 1.82) is 0 Å². The average molecular weight is 243 g/mol. The van der Waals surface area contributed by atoms with Crippen molar-refractivity contribution in [3.63, 3.8) is 0 Å². The van der Waals surface area contributed by atoms with Gasteiger partial charge in [0.1, 0.15) is 11.6 Å². The molecule has 2 N–H and O–H groups in total. The van der Waals surface area contributed by atoms with Crippen molar-refractivity contribution in [2.75, 3.05) is 6.61 Å². The van der Waals surface area contributed by atoms with Gasteiger partial charge in [-0.1, -0.05) is 12.1 Å². The minimum absolute atomic E-state index is 0.220. The van der Waals surface area contributed by atoms with Gasteiger partial charge in [-0.15, -0.1) is 0 Å². The molecular weight excluding hydrogens is 229 g/mol. The average Bonchev–Trinajstić information content (AvgIpc) is 2.86. The van der Waals surface area contributed by atoms with Crippen molar-refractivity contribution in [2.24, 2.45) is 5.73 Å². The molecule has 0 atom stereocenters. The number of hydrogen-bond donors (Lipinski definition) is 1.